The average Bonchev–Trinajstić information content (AvgIpc) is 3.44. The maximum atomic E-state index is 13.0. The molecular formula is C22H23N5O3S. The standard InChI is InChI=1S/C22H23N5O3S/c1-4-9-27-17(12-15-20(27)25(2)22(30)26(3)21(15)29)19(28)24-13-14-7-8-23-16(11-14)18-6-5-10-31-18/h5-8,10-12H,4,9,13H2,1-3H3,(H,24,28). The van der Waals surface area contributed by atoms with Crippen LogP contribution in [0.1, 0.15) is 29.4 Å². The second-order valence-corrected chi connectivity index (χ2v) is 8.28. The summed E-state index contributed by atoms with van der Waals surface area (Å²) < 4.78 is 4.22. The lowest BCUT2D eigenvalue weighted by Gasteiger charge is -2.12. The number of thiophene rings is 1. The van der Waals surface area contributed by atoms with Crippen molar-refractivity contribution >= 4 is 28.3 Å². The van der Waals surface area contributed by atoms with Gasteiger partial charge in [-0.05, 0) is 41.6 Å². The molecule has 0 aromatic carbocycles. The first-order valence-electron chi connectivity index (χ1n) is 9.98. The number of carbonyl (C=O) groups excluding carboxylic acids is 1. The van der Waals surface area contributed by atoms with Crippen LogP contribution in [0.4, 0.5) is 0 Å². The highest BCUT2D eigenvalue weighted by molar-refractivity contribution is 7.13. The molecule has 0 atom stereocenters. The quantitative estimate of drug-likeness (QED) is 0.502. The van der Waals surface area contributed by atoms with E-state index in [1.54, 1.807) is 35.2 Å². The molecule has 0 saturated carbocycles. The number of carbonyl (C=O) groups is 1. The van der Waals surface area contributed by atoms with E-state index in [1.165, 1.54) is 11.6 Å². The van der Waals surface area contributed by atoms with E-state index in [0.717, 1.165) is 27.1 Å². The number of rotatable bonds is 6. The van der Waals surface area contributed by atoms with Gasteiger partial charge in [0.1, 0.15) is 11.3 Å². The normalized spacial score (nSPS) is 11.2. The molecule has 1 amide bonds. The molecule has 0 aliphatic rings. The van der Waals surface area contributed by atoms with Gasteiger partial charge in [-0.25, -0.2) is 4.79 Å². The highest BCUT2D eigenvalue weighted by Gasteiger charge is 2.20. The predicted octanol–water partition coefficient (Wildman–Crippen LogP) is 2.50. The molecule has 0 aliphatic heterocycles. The number of aryl methyl sites for hydroxylation is 2. The lowest BCUT2D eigenvalue weighted by molar-refractivity contribution is 0.0942. The number of hydrogen-bond donors (Lipinski definition) is 1. The van der Waals surface area contributed by atoms with E-state index >= 15 is 0 Å². The zero-order valence-corrected chi connectivity index (χ0v) is 18.4. The Labute approximate surface area is 182 Å². The Hall–Kier alpha value is -3.46. The second-order valence-electron chi connectivity index (χ2n) is 7.33. The van der Waals surface area contributed by atoms with Crippen molar-refractivity contribution in [3.05, 3.63) is 74.0 Å². The van der Waals surface area contributed by atoms with Gasteiger partial charge >= 0.3 is 5.69 Å². The minimum Gasteiger partial charge on any atom is -0.347 e. The Morgan fingerprint density at radius 1 is 1.16 bits per heavy atom. The van der Waals surface area contributed by atoms with Crippen LogP contribution in [0.3, 0.4) is 0 Å². The fourth-order valence-electron chi connectivity index (χ4n) is 3.70. The van der Waals surface area contributed by atoms with Crippen LogP contribution in [0.2, 0.25) is 0 Å². The Kier molecular flexibility index (Phi) is 5.60. The minimum absolute atomic E-state index is 0.298. The SMILES string of the molecule is CCCn1c(C(=O)NCc2ccnc(-c3cccs3)c2)cc2c(=O)n(C)c(=O)n(C)c21. The van der Waals surface area contributed by atoms with Crippen molar-refractivity contribution in [2.24, 2.45) is 14.1 Å². The van der Waals surface area contributed by atoms with E-state index < -0.39 is 11.2 Å². The van der Waals surface area contributed by atoms with Crippen molar-refractivity contribution in [1.29, 1.82) is 0 Å². The third-order valence-electron chi connectivity index (χ3n) is 5.23. The summed E-state index contributed by atoms with van der Waals surface area (Å²) in [4.78, 5) is 43.5. The van der Waals surface area contributed by atoms with Crippen LogP contribution in [-0.2, 0) is 27.2 Å². The molecule has 0 radical (unpaired) electrons. The summed E-state index contributed by atoms with van der Waals surface area (Å²) in [5, 5.41) is 5.28. The Morgan fingerprint density at radius 3 is 2.68 bits per heavy atom. The van der Waals surface area contributed by atoms with E-state index in [-0.39, 0.29) is 5.91 Å². The zero-order chi connectivity index (χ0) is 22.1. The molecule has 0 bridgehead atoms. The molecule has 0 spiro atoms. The van der Waals surface area contributed by atoms with E-state index in [0.29, 0.717) is 29.8 Å². The lowest BCUT2D eigenvalue weighted by atomic mass is 10.2. The summed E-state index contributed by atoms with van der Waals surface area (Å²) in [6, 6.07) is 9.36. The maximum Gasteiger partial charge on any atom is 0.332 e. The van der Waals surface area contributed by atoms with Gasteiger partial charge in [-0.15, -0.1) is 11.3 Å². The third-order valence-corrected chi connectivity index (χ3v) is 6.12. The van der Waals surface area contributed by atoms with Crippen LogP contribution in [0.5, 0.6) is 0 Å². The Balaban J connectivity index is 1.67. The summed E-state index contributed by atoms with van der Waals surface area (Å²) >= 11 is 1.61. The predicted molar refractivity (Wildman–Crippen MR) is 121 cm³/mol. The summed E-state index contributed by atoms with van der Waals surface area (Å²) in [7, 11) is 3.05. The maximum absolute atomic E-state index is 13.0. The van der Waals surface area contributed by atoms with E-state index in [2.05, 4.69) is 10.3 Å². The van der Waals surface area contributed by atoms with Gasteiger partial charge < -0.3 is 9.88 Å². The molecule has 1 N–H and O–H groups in total. The van der Waals surface area contributed by atoms with E-state index in [4.69, 9.17) is 0 Å². The average molecular weight is 438 g/mol. The molecule has 0 saturated heterocycles. The van der Waals surface area contributed by atoms with Gasteiger partial charge in [-0.3, -0.25) is 23.7 Å². The van der Waals surface area contributed by atoms with Crippen LogP contribution in [0.25, 0.3) is 21.6 Å². The molecule has 4 rings (SSSR count). The first-order valence-corrected chi connectivity index (χ1v) is 10.9. The van der Waals surface area contributed by atoms with E-state index in [1.807, 2.05) is 36.6 Å². The lowest BCUT2D eigenvalue weighted by Crippen LogP contribution is -2.37. The largest absolute Gasteiger partial charge is 0.347 e. The van der Waals surface area contributed by atoms with Crippen molar-refractivity contribution in [3.8, 4) is 10.6 Å². The van der Waals surface area contributed by atoms with Crippen molar-refractivity contribution in [1.82, 2.24) is 24.0 Å². The number of nitrogens with zero attached hydrogens (tertiary/aromatic N) is 4. The molecule has 4 aromatic heterocycles. The molecule has 4 heterocycles. The van der Waals surface area contributed by atoms with Crippen LogP contribution < -0.4 is 16.6 Å². The molecule has 160 valence electrons. The van der Waals surface area contributed by atoms with Crippen molar-refractivity contribution in [2.45, 2.75) is 26.4 Å². The monoisotopic (exact) mass is 437 g/mol. The topological polar surface area (TPSA) is 90.9 Å². The third kappa shape index (κ3) is 3.72. The van der Waals surface area contributed by atoms with Gasteiger partial charge in [0, 0.05) is 33.4 Å². The smallest absolute Gasteiger partial charge is 0.332 e. The molecule has 31 heavy (non-hydrogen) atoms. The highest BCUT2D eigenvalue weighted by Crippen LogP contribution is 2.23. The summed E-state index contributed by atoms with van der Waals surface area (Å²) in [6.07, 6.45) is 2.48. The van der Waals surface area contributed by atoms with Gasteiger partial charge in [0.05, 0.1) is 16.0 Å². The Bertz CT molecular complexity index is 1380. The van der Waals surface area contributed by atoms with Crippen LogP contribution >= 0.6 is 11.3 Å². The van der Waals surface area contributed by atoms with E-state index in [9.17, 15) is 14.4 Å². The van der Waals surface area contributed by atoms with Crippen LogP contribution in [-0.4, -0.2) is 24.6 Å². The fourth-order valence-corrected chi connectivity index (χ4v) is 4.39. The number of fused-ring (bicyclic) bond motifs is 1. The molecule has 4 aromatic rings. The van der Waals surface area contributed by atoms with Crippen molar-refractivity contribution in [2.75, 3.05) is 0 Å². The summed E-state index contributed by atoms with van der Waals surface area (Å²) in [6.45, 7) is 2.82. The molecule has 0 fully saturated rings. The highest BCUT2D eigenvalue weighted by atomic mass is 32.1. The molecule has 0 unspecified atom stereocenters. The molecule has 9 heteroatoms. The van der Waals surface area contributed by atoms with Crippen LogP contribution in [0, 0.1) is 0 Å². The molecule has 0 aliphatic carbocycles. The van der Waals surface area contributed by atoms with Gasteiger partial charge in [0.15, 0.2) is 0 Å². The first kappa shape index (κ1) is 20.8. The summed E-state index contributed by atoms with van der Waals surface area (Å²) in [5.41, 5.74) is 1.79. The molecule has 8 nitrogen and oxygen atoms in total. The van der Waals surface area contributed by atoms with Crippen molar-refractivity contribution in [3.63, 3.8) is 0 Å². The first-order chi connectivity index (χ1) is 14.9. The zero-order valence-electron chi connectivity index (χ0n) is 17.6. The number of amides is 1. The number of aromatic nitrogens is 4. The van der Waals surface area contributed by atoms with Gasteiger partial charge in [0.2, 0.25) is 0 Å². The number of hydrogen-bond acceptors (Lipinski definition) is 5. The Morgan fingerprint density at radius 2 is 1.97 bits per heavy atom. The van der Waals surface area contributed by atoms with Gasteiger partial charge in [-0.1, -0.05) is 13.0 Å². The van der Waals surface area contributed by atoms with Crippen LogP contribution in [0.15, 0.2) is 51.5 Å². The van der Waals surface area contributed by atoms with Crippen molar-refractivity contribution < 1.29 is 4.79 Å². The number of pyridine rings is 1. The minimum atomic E-state index is -0.419. The number of nitrogens with one attached hydrogen (secondary N) is 1. The van der Waals surface area contributed by atoms with Gasteiger partial charge in [-0.2, -0.15) is 0 Å². The second kappa shape index (κ2) is 8.35. The van der Waals surface area contributed by atoms with Gasteiger partial charge in [0.25, 0.3) is 11.5 Å². The fraction of sp³-hybridized carbons (Fsp3) is 0.273. The summed E-state index contributed by atoms with van der Waals surface area (Å²) in [5.74, 6) is -0.298. The molecular weight excluding hydrogens is 414 g/mol.